The Balaban J connectivity index is 1.43. The number of carbonyl (C=O) groups is 1. The zero-order valence-electron chi connectivity index (χ0n) is 23.2. The molecule has 1 fully saturated rings. The molecule has 0 amide bonds. The average Bonchev–Trinajstić information content (AvgIpc) is 3.57. The SMILES string of the molecule is COc1c(Oc2ccnc(CC(=O)C3CC3)c2)cnc2nc(Nc3cc(C(C)(C)C)n(C[C@H](C)O)n3)n(C)c12. The van der Waals surface area contributed by atoms with E-state index in [2.05, 4.69) is 46.1 Å². The number of hydrogen-bond acceptors (Lipinski definition) is 9. The summed E-state index contributed by atoms with van der Waals surface area (Å²) in [6.07, 6.45) is 4.93. The molecule has 5 rings (SSSR count). The Morgan fingerprint density at radius 3 is 2.69 bits per heavy atom. The fourth-order valence-corrected chi connectivity index (χ4v) is 4.56. The number of fused-ring (bicyclic) bond motifs is 1. The fraction of sp³-hybridized carbons (Fsp3) is 0.464. The van der Waals surface area contributed by atoms with Gasteiger partial charge >= 0.3 is 0 Å². The van der Waals surface area contributed by atoms with Crippen molar-refractivity contribution >= 4 is 28.7 Å². The van der Waals surface area contributed by atoms with Crippen LogP contribution in [0.5, 0.6) is 17.2 Å². The third-order valence-corrected chi connectivity index (χ3v) is 6.65. The van der Waals surface area contributed by atoms with E-state index in [1.165, 1.54) is 0 Å². The van der Waals surface area contributed by atoms with Crippen LogP contribution < -0.4 is 14.8 Å². The zero-order chi connectivity index (χ0) is 27.9. The first-order valence-corrected chi connectivity index (χ1v) is 13.1. The van der Waals surface area contributed by atoms with Gasteiger partial charge in [-0.1, -0.05) is 20.8 Å². The first kappa shape index (κ1) is 26.6. The van der Waals surface area contributed by atoms with Crippen molar-refractivity contribution in [2.45, 2.75) is 65.0 Å². The van der Waals surface area contributed by atoms with Crippen LogP contribution in [0.2, 0.25) is 0 Å². The van der Waals surface area contributed by atoms with Crippen LogP contribution in [0, 0.1) is 5.92 Å². The quantitative estimate of drug-likeness (QED) is 0.306. The van der Waals surface area contributed by atoms with Gasteiger partial charge in [0.1, 0.15) is 17.0 Å². The highest BCUT2D eigenvalue weighted by Gasteiger charge is 2.29. The third kappa shape index (κ3) is 5.73. The fourth-order valence-electron chi connectivity index (χ4n) is 4.56. The molecule has 206 valence electrons. The first-order chi connectivity index (χ1) is 18.5. The largest absolute Gasteiger partial charge is 0.491 e. The van der Waals surface area contributed by atoms with Gasteiger partial charge in [0.2, 0.25) is 5.95 Å². The number of anilines is 2. The van der Waals surface area contributed by atoms with Gasteiger partial charge in [0.15, 0.2) is 23.0 Å². The van der Waals surface area contributed by atoms with Crippen LogP contribution in [-0.4, -0.2) is 53.4 Å². The van der Waals surface area contributed by atoms with E-state index in [1.54, 1.807) is 38.6 Å². The molecule has 0 aromatic carbocycles. The molecule has 1 atom stereocenters. The summed E-state index contributed by atoms with van der Waals surface area (Å²) in [7, 11) is 3.43. The molecule has 0 saturated heterocycles. The number of ether oxygens (including phenoxy) is 2. The second-order valence-corrected chi connectivity index (χ2v) is 11.1. The number of pyridine rings is 2. The van der Waals surface area contributed by atoms with Gasteiger partial charge in [-0.05, 0) is 25.8 Å². The van der Waals surface area contributed by atoms with E-state index in [0.717, 1.165) is 18.5 Å². The number of ketones is 1. The second-order valence-electron chi connectivity index (χ2n) is 11.1. The summed E-state index contributed by atoms with van der Waals surface area (Å²) in [6, 6.07) is 5.48. The normalized spacial score (nSPS) is 14.4. The molecule has 4 aromatic heterocycles. The van der Waals surface area contributed by atoms with E-state index in [-0.39, 0.29) is 17.1 Å². The van der Waals surface area contributed by atoms with Gasteiger partial charge in [0, 0.05) is 48.8 Å². The summed E-state index contributed by atoms with van der Waals surface area (Å²) < 4.78 is 15.6. The smallest absolute Gasteiger partial charge is 0.211 e. The molecule has 1 aliphatic carbocycles. The molecule has 11 heteroatoms. The maximum Gasteiger partial charge on any atom is 0.211 e. The van der Waals surface area contributed by atoms with Crippen LogP contribution in [-0.2, 0) is 30.2 Å². The van der Waals surface area contributed by atoms with Crippen molar-refractivity contribution in [1.29, 1.82) is 0 Å². The van der Waals surface area contributed by atoms with Crippen molar-refractivity contribution in [2.24, 2.45) is 13.0 Å². The highest BCUT2D eigenvalue weighted by Crippen LogP contribution is 2.38. The Hall–Kier alpha value is -3.99. The monoisotopic (exact) mass is 533 g/mol. The molecule has 0 spiro atoms. The molecule has 0 radical (unpaired) electrons. The maximum atomic E-state index is 12.2. The molecule has 0 bridgehead atoms. The van der Waals surface area contributed by atoms with Gasteiger partial charge < -0.3 is 24.5 Å². The number of nitrogens with zero attached hydrogens (tertiary/aromatic N) is 6. The summed E-state index contributed by atoms with van der Waals surface area (Å²) in [5, 5.41) is 17.9. The number of aliphatic hydroxyl groups excluding tert-OH is 1. The van der Waals surface area contributed by atoms with Gasteiger partial charge in [0.05, 0.1) is 31.6 Å². The van der Waals surface area contributed by atoms with Crippen LogP contribution in [0.3, 0.4) is 0 Å². The van der Waals surface area contributed by atoms with E-state index in [4.69, 9.17) is 9.47 Å². The Labute approximate surface area is 227 Å². The lowest BCUT2D eigenvalue weighted by atomic mass is 9.92. The number of imidazole rings is 1. The molecule has 2 N–H and O–H groups in total. The van der Waals surface area contributed by atoms with Crippen molar-refractivity contribution in [3.8, 4) is 17.2 Å². The number of carbonyl (C=O) groups excluding carboxylic acids is 1. The Morgan fingerprint density at radius 1 is 1.26 bits per heavy atom. The Morgan fingerprint density at radius 2 is 2.03 bits per heavy atom. The van der Waals surface area contributed by atoms with E-state index in [0.29, 0.717) is 58.8 Å². The van der Waals surface area contributed by atoms with Crippen LogP contribution in [0.1, 0.15) is 51.9 Å². The summed E-state index contributed by atoms with van der Waals surface area (Å²) >= 11 is 0. The lowest BCUT2D eigenvalue weighted by Gasteiger charge is -2.20. The van der Waals surface area contributed by atoms with Crippen LogP contribution in [0.15, 0.2) is 30.6 Å². The van der Waals surface area contributed by atoms with Gasteiger partial charge in [0.25, 0.3) is 0 Å². The highest BCUT2D eigenvalue weighted by atomic mass is 16.5. The first-order valence-electron chi connectivity index (χ1n) is 13.1. The highest BCUT2D eigenvalue weighted by molar-refractivity contribution is 5.85. The predicted molar refractivity (Wildman–Crippen MR) is 147 cm³/mol. The van der Waals surface area contributed by atoms with Gasteiger partial charge in [-0.2, -0.15) is 10.1 Å². The van der Waals surface area contributed by atoms with Crippen molar-refractivity contribution in [1.82, 2.24) is 29.3 Å². The standard InChI is InChI=1S/C28H35N7O4/c1-16(36)15-35-22(28(2,3)4)13-23(33-35)31-27-32-26-24(34(27)5)25(38-6)21(14-30-26)39-19-9-10-29-18(11-19)12-20(37)17-7-8-17/h9-11,13-14,16-17,36H,7-8,12,15H2,1-6H3,(H,30,31,32,33)/t16-/m0/s1. The molecule has 0 aliphatic heterocycles. The van der Waals surface area contributed by atoms with Gasteiger partial charge in [-0.15, -0.1) is 0 Å². The average molecular weight is 534 g/mol. The van der Waals surface area contributed by atoms with Crippen LogP contribution in [0.4, 0.5) is 11.8 Å². The number of aliphatic hydroxyl groups is 1. The molecule has 1 aliphatic rings. The second kappa shape index (κ2) is 10.3. The third-order valence-electron chi connectivity index (χ3n) is 6.65. The predicted octanol–water partition coefficient (Wildman–Crippen LogP) is 4.30. The minimum Gasteiger partial charge on any atom is -0.491 e. The minimum atomic E-state index is -0.531. The van der Waals surface area contributed by atoms with Crippen molar-refractivity contribution < 1.29 is 19.4 Å². The topological polar surface area (TPSA) is 129 Å². The van der Waals surface area contributed by atoms with Gasteiger partial charge in [-0.25, -0.2) is 4.98 Å². The number of aromatic nitrogens is 6. The summed E-state index contributed by atoms with van der Waals surface area (Å²) in [6.45, 7) is 8.44. The van der Waals surface area contributed by atoms with E-state index >= 15 is 0 Å². The van der Waals surface area contributed by atoms with Crippen molar-refractivity contribution in [2.75, 3.05) is 12.4 Å². The molecular formula is C28H35N7O4. The lowest BCUT2D eigenvalue weighted by molar-refractivity contribution is -0.119. The zero-order valence-corrected chi connectivity index (χ0v) is 23.2. The van der Waals surface area contributed by atoms with E-state index < -0.39 is 6.10 Å². The molecule has 11 nitrogen and oxygen atoms in total. The number of aryl methyl sites for hydroxylation is 1. The van der Waals surface area contributed by atoms with Crippen LogP contribution >= 0.6 is 0 Å². The number of Topliss-reactive ketones (excluding diaryl/α,β-unsaturated/α-hetero) is 1. The Bertz CT molecular complexity index is 1510. The number of methoxy groups -OCH3 is 1. The molecule has 0 unspecified atom stereocenters. The number of rotatable bonds is 10. The maximum absolute atomic E-state index is 12.2. The van der Waals surface area contributed by atoms with Gasteiger partial charge in [-0.3, -0.25) is 14.5 Å². The Kier molecular flexibility index (Phi) is 7.02. The summed E-state index contributed by atoms with van der Waals surface area (Å²) in [4.78, 5) is 25.7. The summed E-state index contributed by atoms with van der Waals surface area (Å²) in [5.74, 6) is 2.98. The molecule has 4 aromatic rings. The van der Waals surface area contributed by atoms with E-state index in [9.17, 15) is 9.90 Å². The molecule has 39 heavy (non-hydrogen) atoms. The molecule has 4 heterocycles. The minimum absolute atomic E-state index is 0.163. The molecule has 1 saturated carbocycles. The van der Waals surface area contributed by atoms with Crippen molar-refractivity contribution in [3.05, 3.63) is 42.0 Å². The van der Waals surface area contributed by atoms with E-state index in [1.807, 2.05) is 22.4 Å². The van der Waals surface area contributed by atoms with Crippen molar-refractivity contribution in [3.63, 3.8) is 0 Å². The number of hydrogen-bond donors (Lipinski definition) is 2. The summed E-state index contributed by atoms with van der Waals surface area (Å²) in [5.41, 5.74) is 2.63. The van der Waals surface area contributed by atoms with Crippen LogP contribution in [0.25, 0.3) is 11.2 Å². The lowest BCUT2D eigenvalue weighted by Crippen LogP contribution is -2.22. The molecular weight excluding hydrogens is 498 g/mol. The number of nitrogens with one attached hydrogen (secondary N) is 1.